The van der Waals surface area contributed by atoms with Crippen molar-refractivity contribution >= 4 is 21.6 Å². The van der Waals surface area contributed by atoms with Crippen LogP contribution in [0.25, 0.3) is 10.2 Å². The van der Waals surface area contributed by atoms with E-state index in [1.165, 1.54) is 4.70 Å². The van der Waals surface area contributed by atoms with Crippen molar-refractivity contribution in [3.8, 4) is 5.75 Å². The minimum absolute atomic E-state index is 0.764. The number of piperazine rings is 1. The maximum absolute atomic E-state index is 5.93. The van der Waals surface area contributed by atoms with Gasteiger partial charge in [0.2, 0.25) is 0 Å². The molecule has 0 aliphatic carbocycles. The second-order valence-corrected chi connectivity index (χ2v) is 6.36. The minimum Gasteiger partial charge on any atom is -0.491 e. The molecule has 0 bridgehead atoms. The Bertz CT molecular complexity index is 563. The van der Waals surface area contributed by atoms with Gasteiger partial charge in [-0.05, 0) is 25.5 Å². The van der Waals surface area contributed by atoms with Gasteiger partial charge in [-0.3, -0.25) is 0 Å². The van der Waals surface area contributed by atoms with Crippen LogP contribution in [0.4, 0.5) is 0 Å². The number of hydrogen-bond acceptors (Lipinski definition) is 5. The Kier molecular flexibility index (Phi) is 4.50. The lowest BCUT2D eigenvalue weighted by Crippen LogP contribution is -2.43. The summed E-state index contributed by atoms with van der Waals surface area (Å²) in [4.78, 5) is 7.05. The standard InChI is InChI=1S/C15H21N3OS/c1-12-17-15-13(4-2-5-14(15)20-12)19-11-3-8-18-9-6-16-7-10-18/h2,4-5,16H,3,6-11H2,1H3. The molecule has 20 heavy (non-hydrogen) atoms. The summed E-state index contributed by atoms with van der Waals surface area (Å²) in [5, 5.41) is 4.47. The summed E-state index contributed by atoms with van der Waals surface area (Å²) in [6, 6.07) is 6.17. The molecule has 1 N–H and O–H groups in total. The van der Waals surface area contributed by atoms with E-state index in [2.05, 4.69) is 21.3 Å². The van der Waals surface area contributed by atoms with E-state index < -0.39 is 0 Å². The first kappa shape index (κ1) is 13.8. The molecule has 4 nitrogen and oxygen atoms in total. The second-order valence-electron chi connectivity index (χ2n) is 5.13. The SMILES string of the molecule is Cc1nc2c(OCCCN3CCNCC3)cccc2s1. The number of aryl methyl sites for hydroxylation is 1. The zero-order chi connectivity index (χ0) is 13.8. The molecule has 1 fully saturated rings. The number of ether oxygens (including phenoxy) is 1. The van der Waals surface area contributed by atoms with Gasteiger partial charge < -0.3 is 15.0 Å². The molecule has 2 heterocycles. The molecule has 0 spiro atoms. The third kappa shape index (κ3) is 3.29. The number of nitrogens with one attached hydrogen (secondary N) is 1. The van der Waals surface area contributed by atoms with Crippen LogP contribution in [0, 0.1) is 6.92 Å². The zero-order valence-electron chi connectivity index (χ0n) is 11.9. The highest BCUT2D eigenvalue weighted by Crippen LogP contribution is 2.29. The predicted molar refractivity (Wildman–Crippen MR) is 83.8 cm³/mol. The molecule has 0 amide bonds. The number of rotatable bonds is 5. The fourth-order valence-corrected chi connectivity index (χ4v) is 3.40. The first-order chi connectivity index (χ1) is 9.83. The number of aromatic nitrogens is 1. The quantitative estimate of drug-likeness (QED) is 0.858. The molecular weight excluding hydrogens is 270 g/mol. The van der Waals surface area contributed by atoms with E-state index in [9.17, 15) is 0 Å². The number of nitrogens with zero attached hydrogens (tertiary/aromatic N) is 2. The Morgan fingerprint density at radius 3 is 3.05 bits per heavy atom. The molecule has 5 heteroatoms. The van der Waals surface area contributed by atoms with Crippen molar-refractivity contribution in [1.29, 1.82) is 0 Å². The molecule has 1 aliphatic rings. The Morgan fingerprint density at radius 1 is 1.35 bits per heavy atom. The molecule has 0 atom stereocenters. The van der Waals surface area contributed by atoms with E-state index in [4.69, 9.17) is 4.74 Å². The van der Waals surface area contributed by atoms with Crippen LogP contribution in [0.15, 0.2) is 18.2 Å². The maximum Gasteiger partial charge on any atom is 0.146 e. The lowest BCUT2D eigenvalue weighted by molar-refractivity contribution is 0.214. The Hall–Kier alpha value is -1.17. The molecule has 2 aromatic rings. The van der Waals surface area contributed by atoms with Crippen molar-refractivity contribution in [2.45, 2.75) is 13.3 Å². The molecule has 1 aromatic heterocycles. The second kappa shape index (κ2) is 6.52. The van der Waals surface area contributed by atoms with Crippen molar-refractivity contribution in [1.82, 2.24) is 15.2 Å². The topological polar surface area (TPSA) is 37.4 Å². The molecular formula is C15H21N3OS. The number of benzene rings is 1. The van der Waals surface area contributed by atoms with E-state index in [0.29, 0.717) is 0 Å². The first-order valence-electron chi connectivity index (χ1n) is 7.25. The summed E-state index contributed by atoms with van der Waals surface area (Å²) in [6.45, 7) is 8.45. The average Bonchev–Trinajstić information content (AvgIpc) is 2.86. The first-order valence-corrected chi connectivity index (χ1v) is 8.06. The summed E-state index contributed by atoms with van der Waals surface area (Å²) in [5.74, 6) is 0.923. The van der Waals surface area contributed by atoms with Crippen LogP contribution in [0.1, 0.15) is 11.4 Å². The molecule has 1 saturated heterocycles. The van der Waals surface area contributed by atoms with Gasteiger partial charge in [-0.25, -0.2) is 4.98 Å². The normalized spacial score (nSPS) is 16.6. The van der Waals surface area contributed by atoms with Crippen molar-refractivity contribution in [3.63, 3.8) is 0 Å². The van der Waals surface area contributed by atoms with Crippen molar-refractivity contribution in [2.75, 3.05) is 39.3 Å². The van der Waals surface area contributed by atoms with Crippen LogP contribution in [-0.2, 0) is 0 Å². The maximum atomic E-state index is 5.93. The highest BCUT2D eigenvalue weighted by molar-refractivity contribution is 7.18. The summed E-state index contributed by atoms with van der Waals surface area (Å²) in [6.07, 6.45) is 1.07. The van der Waals surface area contributed by atoms with E-state index in [0.717, 1.165) is 62.0 Å². The van der Waals surface area contributed by atoms with Gasteiger partial charge in [-0.15, -0.1) is 11.3 Å². The fraction of sp³-hybridized carbons (Fsp3) is 0.533. The number of thiazole rings is 1. The zero-order valence-corrected chi connectivity index (χ0v) is 12.7. The van der Waals surface area contributed by atoms with Gasteiger partial charge in [0.15, 0.2) is 0 Å². The lowest BCUT2D eigenvalue weighted by Gasteiger charge is -2.26. The predicted octanol–water partition coefficient (Wildman–Crippen LogP) is 2.28. The van der Waals surface area contributed by atoms with Crippen molar-refractivity contribution in [3.05, 3.63) is 23.2 Å². The van der Waals surface area contributed by atoms with Gasteiger partial charge in [0, 0.05) is 32.7 Å². The van der Waals surface area contributed by atoms with E-state index in [1.807, 2.05) is 19.1 Å². The Labute approximate surface area is 123 Å². The van der Waals surface area contributed by atoms with Gasteiger partial charge in [0.1, 0.15) is 11.3 Å². The smallest absolute Gasteiger partial charge is 0.146 e. The van der Waals surface area contributed by atoms with Crippen molar-refractivity contribution in [2.24, 2.45) is 0 Å². The Morgan fingerprint density at radius 2 is 2.20 bits per heavy atom. The molecule has 108 valence electrons. The van der Waals surface area contributed by atoms with Crippen LogP contribution in [-0.4, -0.2) is 49.2 Å². The minimum atomic E-state index is 0.764. The van der Waals surface area contributed by atoms with Crippen LogP contribution < -0.4 is 10.1 Å². The van der Waals surface area contributed by atoms with Crippen molar-refractivity contribution < 1.29 is 4.74 Å². The van der Waals surface area contributed by atoms with Gasteiger partial charge in [0.25, 0.3) is 0 Å². The lowest BCUT2D eigenvalue weighted by atomic mass is 10.3. The van der Waals surface area contributed by atoms with Crippen LogP contribution in [0.2, 0.25) is 0 Å². The summed E-state index contributed by atoms with van der Waals surface area (Å²) < 4.78 is 7.14. The van der Waals surface area contributed by atoms with Gasteiger partial charge in [-0.1, -0.05) is 6.07 Å². The molecule has 3 rings (SSSR count). The van der Waals surface area contributed by atoms with Crippen LogP contribution >= 0.6 is 11.3 Å². The highest BCUT2D eigenvalue weighted by atomic mass is 32.1. The fourth-order valence-electron chi connectivity index (χ4n) is 2.56. The molecule has 0 unspecified atom stereocenters. The number of hydrogen-bond donors (Lipinski definition) is 1. The Balaban J connectivity index is 1.52. The molecule has 0 saturated carbocycles. The molecule has 0 radical (unpaired) electrons. The summed E-state index contributed by atoms with van der Waals surface area (Å²) in [7, 11) is 0. The van der Waals surface area contributed by atoms with Crippen LogP contribution in [0.5, 0.6) is 5.75 Å². The molecule has 1 aliphatic heterocycles. The van der Waals surface area contributed by atoms with Gasteiger partial charge in [-0.2, -0.15) is 0 Å². The monoisotopic (exact) mass is 291 g/mol. The van der Waals surface area contributed by atoms with Gasteiger partial charge >= 0.3 is 0 Å². The van der Waals surface area contributed by atoms with Gasteiger partial charge in [0.05, 0.1) is 16.3 Å². The summed E-state index contributed by atoms with van der Waals surface area (Å²) in [5.41, 5.74) is 1.01. The van der Waals surface area contributed by atoms with E-state index in [-0.39, 0.29) is 0 Å². The molecule has 1 aromatic carbocycles. The third-order valence-electron chi connectivity index (χ3n) is 3.57. The largest absolute Gasteiger partial charge is 0.491 e. The third-order valence-corrected chi connectivity index (χ3v) is 4.51. The van der Waals surface area contributed by atoms with E-state index in [1.54, 1.807) is 11.3 Å². The van der Waals surface area contributed by atoms with Crippen LogP contribution in [0.3, 0.4) is 0 Å². The summed E-state index contributed by atoms with van der Waals surface area (Å²) >= 11 is 1.72. The number of para-hydroxylation sites is 1. The highest BCUT2D eigenvalue weighted by Gasteiger charge is 2.09. The average molecular weight is 291 g/mol. The number of fused-ring (bicyclic) bond motifs is 1. The van der Waals surface area contributed by atoms with E-state index >= 15 is 0 Å².